The molecular weight excluding hydrogens is 262 g/mol. The molecule has 0 heterocycles. The number of hydrogen-bond acceptors (Lipinski definition) is 7. The molecule has 10 heteroatoms. The Bertz CT molecular complexity index is 113. The van der Waals surface area contributed by atoms with Crippen molar-refractivity contribution in [1.82, 2.24) is 0 Å². The van der Waals surface area contributed by atoms with E-state index >= 15 is 0 Å². The normalized spacial score (nSPS) is 8.30. The first-order valence-corrected chi connectivity index (χ1v) is 4.03. The van der Waals surface area contributed by atoms with E-state index in [9.17, 15) is 0 Å². The van der Waals surface area contributed by atoms with Crippen molar-refractivity contribution in [3.05, 3.63) is 0 Å². The van der Waals surface area contributed by atoms with E-state index in [0.29, 0.717) is 0 Å². The van der Waals surface area contributed by atoms with E-state index in [4.69, 9.17) is 33.3 Å². The van der Waals surface area contributed by atoms with Crippen LogP contribution in [0.4, 0.5) is 0 Å². The quantitative estimate of drug-likeness (QED) is 0.312. The Morgan fingerprint density at radius 3 is 1.10 bits per heavy atom. The first-order valence-electron chi connectivity index (χ1n) is 1.34. The molecule has 0 aromatic heterocycles. The Morgan fingerprint density at radius 2 is 1.10 bits per heavy atom. The minimum Gasteiger partial charge on any atom is -0.822 e. The van der Waals surface area contributed by atoms with Gasteiger partial charge < -0.3 is 33.3 Å². The van der Waals surface area contributed by atoms with Gasteiger partial charge in [-0.3, -0.25) is 0 Å². The smallest absolute Gasteiger partial charge is 0.822 e. The van der Waals surface area contributed by atoms with Crippen molar-refractivity contribution >= 4 is 17.0 Å². The Morgan fingerprint density at radius 1 is 1.10 bits per heavy atom. The van der Waals surface area contributed by atoms with Gasteiger partial charge in [0.25, 0.3) is 0 Å². The molecule has 0 saturated heterocycles. The molecule has 0 atom stereocenters. The molecule has 0 saturated carbocycles. The summed E-state index contributed by atoms with van der Waals surface area (Å²) in [7, 11) is -9.02. The summed E-state index contributed by atoms with van der Waals surface area (Å²) in [6, 6.07) is 0. The van der Waals surface area contributed by atoms with Crippen LogP contribution in [0, 0.1) is 0 Å². The van der Waals surface area contributed by atoms with Gasteiger partial charge in [0.2, 0.25) is 0 Å². The van der Waals surface area contributed by atoms with Crippen molar-refractivity contribution in [1.29, 1.82) is 0 Å². The molecule has 0 radical (unpaired) electrons. The maximum absolute atomic E-state index is 8.55. The van der Waals surface area contributed by atoms with Gasteiger partial charge >= 0.3 is 26.2 Å². The first-order chi connectivity index (χ1) is 3.73. The van der Waals surface area contributed by atoms with Crippen molar-refractivity contribution in [3.63, 3.8) is 0 Å². The van der Waals surface area contributed by atoms with Crippen molar-refractivity contribution in [3.8, 4) is 0 Å². The summed E-state index contributed by atoms with van der Waals surface area (Å²) >= 11 is 0. The van der Waals surface area contributed by atoms with Crippen LogP contribution in [0.1, 0.15) is 0 Å². The van der Waals surface area contributed by atoms with Crippen LogP contribution in [-0.4, -0.2) is 9.17 Å². The SMILES string of the molecule is O=P([O-])([O-])[O-].O=[Si]([O-])[O-].[Zr+2]. The van der Waals surface area contributed by atoms with E-state index in [2.05, 4.69) is 0 Å². The monoisotopic (exact) mass is 261 g/mol. The molecule has 0 aromatic rings. The third-order valence-electron chi connectivity index (χ3n) is 0. The zero-order chi connectivity index (χ0) is 8.08. The zero-order valence-corrected chi connectivity index (χ0v) is 8.66. The second-order valence-corrected chi connectivity index (χ2v) is 2.09. The molecule has 0 N–H and O–H groups in total. The van der Waals surface area contributed by atoms with Crippen LogP contribution in [0.25, 0.3) is 0 Å². The van der Waals surface area contributed by atoms with E-state index < -0.39 is 17.0 Å². The van der Waals surface area contributed by atoms with Gasteiger partial charge in [-0.15, -0.1) is 0 Å². The van der Waals surface area contributed by atoms with E-state index in [1.54, 1.807) is 0 Å². The molecule has 0 unspecified atom stereocenters. The summed E-state index contributed by atoms with van der Waals surface area (Å²) in [5.74, 6) is 0. The third-order valence-corrected chi connectivity index (χ3v) is 0. The Kier molecular flexibility index (Phi) is 13.1. The molecule has 58 valence electrons. The third kappa shape index (κ3) is 1340. The van der Waals surface area contributed by atoms with Gasteiger partial charge in [-0.05, 0) is 0 Å². The predicted molar refractivity (Wildman–Crippen MR) is 14.0 cm³/mol. The maximum Gasteiger partial charge on any atom is 2.00 e. The summed E-state index contributed by atoms with van der Waals surface area (Å²) in [6.45, 7) is 0. The fourth-order valence-corrected chi connectivity index (χ4v) is 0. The average Bonchev–Trinajstić information content (AvgIpc) is 1.19. The molecule has 0 bridgehead atoms. The van der Waals surface area contributed by atoms with Crippen molar-refractivity contribution in [2.24, 2.45) is 0 Å². The molecule has 0 amide bonds. The zero-order valence-electron chi connectivity index (χ0n) is 4.30. The van der Waals surface area contributed by atoms with Crippen LogP contribution in [0.15, 0.2) is 0 Å². The Hall–Kier alpha value is 0.610. The number of rotatable bonds is 0. The molecule has 0 fully saturated rings. The first kappa shape index (κ1) is 16.9. The van der Waals surface area contributed by atoms with Crippen LogP contribution < -0.4 is 24.3 Å². The van der Waals surface area contributed by atoms with Gasteiger partial charge in [-0.1, -0.05) is 0 Å². The number of hydrogen-bond donors (Lipinski definition) is 0. The van der Waals surface area contributed by atoms with Crippen molar-refractivity contribution in [2.45, 2.75) is 0 Å². The largest absolute Gasteiger partial charge is 2.00 e. The van der Waals surface area contributed by atoms with Crippen LogP contribution in [0.3, 0.4) is 0 Å². The standard InChI is InChI=1S/H3O4P.O3Si.Zr/c1-5(2,3)4;1-4(2)3;/h(H3,1,2,3,4);;/q;-2;+2/p-3. The van der Waals surface area contributed by atoms with Crippen LogP contribution in [0.5, 0.6) is 0 Å². The molecule has 0 rings (SSSR count). The van der Waals surface area contributed by atoms with Gasteiger partial charge in [-0.2, -0.15) is 7.82 Å². The molecular formula is O7PSiZr-3. The second-order valence-electron chi connectivity index (χ2n) is 0.697. The van der Waals surface area contributed by atoms with Crippen LogP contribution in [-0.2, 0) is 35.2 Å². The fraction of sp³-hybridized carbons (Fsp3) is 0. The maximum atomic E-state index is 8.55. The number of phosphoric acid groups is 1. The molecule has 0 aliphatic carbocycles. The van der Waals surface area contributed by atoms with Crippen LogP contribution in [0.2, 0.25) is 0 Å². The summed E-state index contributed by atoms with van der Waals surface area (Å²) in [4.78, 5) is 42.7. The average molecular weight is 262 g/mol. The van der Waals surface area contributed by atoms with E-state index in [1.165, 1.54) is 0 Å². The molecule has 0 spiro atoms. The fourth-order valence-electron chi connectivity index (χ4n) is 0. The van der Waals surface area contributed by atoms with Crippen molar-refractivity contribution < 1.29 is 59.5 Å². The predicted octanol–water partition coefficient (Wildman–Crippen LogP) is -5.70. The minimum absolute atomic E-state index is 0. The van der Waals surface area contributed by atoms with Crippen molar-refractivity contribution in [2.75, 3.05) is 0 Å². The topological polar surface area (TPSA) is 149 Å². The molecule has 10 heavy (non-hydrogen) atoms. The van der Waals surface area contributed by atoms with Gasteiger partial charge in [0.05, 0.1) is 0 Å². The minimum atomic E-state index is -5.39. The van der Waals surface area contributed by atoms with Crippen LogP contribution >= 0.6 is 7.82 Å². The van der Waals surface area contributed by atoms with Gasteiger partial charge in [0.15, 0.2) is 0 Å². The summed E-state index contributed by atoms with van der Waals surface area (Å²) in [5.41, 5.74) is 0. The Balaban J connectivity index is -0.0000000910. The summed E-state index contributed by atoms with van der Waals surface area (Å²) in [6.07, 6.45) is 0. The van der Waals surface area contributed by atoms with Gasteiger partial charge in [0, 0.05) is 9.17 Å². The Labute approximate surface area is 76.6 Å². The second kappa shape index (κ2) is 7.71. The van der Waals surface area contributed by atoms with E-state index in [0.717, 1.165) is 0 Å². The molecule has 0 aliphatic rings. The summed E-state index contributed by atoms with van der Waals surface area (Å²) < 4.78 is 17.1. The molecule has 7 nitrogen and oxygen atoms in total. The van der Waals surface area contributed by atoms with Gasteiger partial charge in [-0.25, -0.2) is 0 Å². The molecule has 0 aromatic carbocycles. The molecule has 0 aliphatic heterocycles. The van der Waals surface area contributed by atoms with E-state index in [1.807, 2.05) is 0 Å². The van der Waals surface area contributed by atoms with Gasteiger partial charge in [0.1, 0.15) is 0 Å². The van der Waals surface area contributed by atoms with E-state index in [-0.39, 0.29) is 26.2 Å². The summed E-state index contributed by atoms with van der Waals surface area (Å²) in [5, 5.41) is 0.